The van der Waals surface area contributed by atoms with Crippen LogP contribution >= 0.6 is 11.6 Å². The summed E-state index contributed by atoms with van der Waals surface area (Å²) in [4.78, 5) is 12.6. The lowest BCUT2D eigenvalue weighted by molar-refractivity contribution is -0.376. The maximum Gasteiger partial charge on any atom is 0.430 e. The first kappa shape index (κ1) is 32.0. The number of nitrogens with zero attached hydrogens (tertiary/aromatic N) is 1. The Balaban J connectivity index is 2.00. The molecule has 222 valence electrons. The number of ether oxygens (including phenoxy) is 1. The molecule has 2 N–H and O–H groups in total. The summed E-state index contributed by atoms with van der Waals surface area (Å²) >= 11 is 5.82. The molecule has 1 unspecified atom stereocenters. The van der Waals surface area contributed by atoms with Gasteiger partial charge in [0.15, 0.2) is 0 Å². The van der Waals surface area contributed by atoms with Gasteiger partial charge in [0.25, 0.3) is 15.6 Å². The zero-order valence-electron chi connectivity index (χ0n) is 21.3. The van der Waals surface area contributed by atoms with E-state index >= 15 is 0 Å². The van der Waals surface area contributed by atoms with Gasteiger partial charge in [0, 0.05) is 10.6 Å². The molecule has 1 atom stereocenters. The van der Waals surface area contributed by atoms with Crippen LogP contribution in [0.1, 0.15) is 24.1 Å². The molecular weight excluding hydrogens is 602 g/mol. The van der Waals surface area contributed by atoms with Crippen molar-refractivity contribution >= 4 is 33.2 Å². The molecule has 0 spiro atoms. The second-order valence-electron chi connectivity index (χ2n) is 8.78. The molecule has 7 nitrogen and oxygen atoms in total. The maximum atomic E-state index is 13.5. The van der Waals surface area contributed by atoms with Crippen molar-refractivity contribution in [3.05, 3.63) is 88.9 Å². The highest BCUT2D eigenvalue weighted by atomic mass is 35.5. The third kappa shape index (κ3) is 6.71. The Bertz CT molecular complexity index is 1450. The normalized spacial score (nSPS) is 13.4. The molecule has 0 saturated heterocycles. The van der Waals surface area contributed by atoms with E-state index in [0.717, 1.165) is 12.1 Å². The van der Waals surface area contributed by atoms with E-state index in [2.05, 4.69) is 5.32 Å². The van der Waals surface area contributed by atoms with Crippen molar-refractivity contribution in [3.8, 4) is 5.75 Å². The van der Waals surface area contributed by atoms with Gasteiger partial charge in [-0.05, 0) is 61.0 Å². The summed E-state index contributed by atoms with van der Waals surface area (Å²) in [5.74, 6) is -0.282. The SMILES string of the molecule is COc1ccc(C(C)NC(=O)CN(c2ccc(C(O)(C(F)(F)F)C(F)(F)F)cc2)S(=O)(=O)c2ccc(Cl)cc2)cc1. The van der Waals surface area contributed by atoms with Crippen LogP contribution in [0.3, 0.4) is 0 Å². The number of carbonyl (C=O) groups excluding carboxylic acids is 1. The lowest BCUT2D eigenvalue weighted by Crippen LogP contribution is -2.53. The lowest BCUT2D eigenvalue weighted by Gasteiger charge is -2.33. The molecule has 0 fully saturated rings. The first-order valence-electron chi connectivity index (χ1n) is 11.6. The van der Waals surface area contributed by atoms with Crippen molar-refractivity contribution in [1.29, 1.82) is 0 Å². The average Bonchev–Trinajstić information content (AvgIpc) is 2.90. The number of hydrogen-bond donors (Lipinski definition) is 2. The predicted molar refractivity (Wildman–Crippen MR) is 138 cm³/mol. The van der Waals surface area contributed by atoms with Crippen molar-refractivity contribution < 1.29 is 49.4 Å². The summed E-state index contributed by atoms with van der Waals surface area (Å²) in [6.07, 6.45) is -12.3. The first-order chi connectivity index (χ1) is 18.9. The summed E-state index contributed by atoms with van der Waals surface area (Å²) in [5, 5.41) is 12.5. The molecule has 0 radical (unpaired) electrons. The minimum Gasteiger partial charge on any atom is -0.497 e. The summed E-state index contributed by atoms with van der Waals surface area (Å²) in [7, 11) is -3.12. The summed E-state index contributed by atoms with van der Waals surface area (Å²) in [6.45, 7) is 0.718. The van der Waals surface area contributed by atoms with E-state index in [1.807, 2.05) is 0 Å². The molecule has 0 heterocycles. The average molecular weight is 625 g/mol. The molecule has 0 aliphatic carbocycles. The Morgan fingerprint density at radius 2 is 1.44 bits per heavy atom. The Labute approximate surface area is 236 Å². The van der Waals surface area contributed by atoms with Crippen molar-refractivity contribution in [2.75, 3.05) is 18.0 Å². The van der Waals surface area contributed by atoms with Gasteiger partial charge in [-0.3, -0.25) is 9.10 Å². The predicted octanol–water partition coefficient (Wildman–Crippen LogP) is 5.73. The van der Waals surface area contributed by atoms with E-state index in [0.29, 0.717) is 39.9 Å². The van der Waals surface area contributed by atoms with Crippen molar-refractivity contribution in [1.82, 2.24) is 5.32 Å². The second-order valence-corrected chi connectivity index (χ2v) is 11.1. The number of sulfonamides is 1. The van der Waals surface area contributed by atoms with Crippen LogP contribution < -0.4 is 14.4 Å². The van der Waals surface area contributed by atoms with E-state index in [-0.39, 0.29) is 9.92 Å². The van der Waals surface area contributed by atoms with Crippen LogP contribution in [0.15, 0.2) is 77.7 Å². The van der Waals surface area contributed by atoms with E-state index in [1.165, 1.54) is 19.2 Å². The molecule has 41 heavy (non-hydrogen) atoms. The van der Waals surface area contributed by atoms with Crippen molar-refractivity contribution in [3.63, 3.8) is 0 Å². The molecule has 3 aromatic rings. The number of methoxy groups -OCH3 is 1. The Morgan fingerprint density at radius 3 is 1.90 bits per heavy atom. The monoisotopic (exact) mass is 624 g/mol. The summed E-state index contributed by atoms with van der Waals surface area (Å²) < 4.78 is 112. The number of amides is 1. The smallest absolute Gasteiger partial charge is 0.430 e. The number of alkyl halides is 6. The summed E-state index contributed by atoms with van der Waals surface area (Å²) in [6, 6.07) is 12.5. The molecule has 3 rings (SSSR count). The van der Waals surface area contributed by atoms with Gasteiger partial charge in [0.05, 0.1) is 23.7 Å². The third-order valence-electron chi connectivity index (χ3n) is 6.08. The first-order valence-corrected chi connectivity index (χ1v) is 13.4. The molecule has 15 heteroatoms. The summed E-state index contributed by atoms with van der Waals surface area (Å²) in [5.41, 5.74) is -6.62. The fourth-order valence-electron chi connectivity index (χ4n) is 3.80. The maximum absolute atomic E-state index is 13.5. The van der Waals surface area contributed by atoms with Crippen LogP contribution in [-0.4, -0.2) is 45.4 Å². The largest absolute Gasteiger partial charge is 0.497 e. The molecule has 0 saturated carbocycles. The van der Waals surface area contributed by atoms with Gasteiger partial charge in [-0.1, -0.05) is 35.9 Å². The Morgan fingerprint density at radius 1 is 0.927 bits per heavy atom. The highest BCUT2D eigenvalue weighted by Gasteiger charge is 2.71. The van der Waals surface area contributed by atoms with Gasteiger partial charge in [0.2, 0.25) is 5.91 Å². The van der Waals surface area contributed by atoms with Gasteiger partial charge < -0.3 is 15.2 Å². The third-order valence-corrected chi connectivity index (χ3v) is 8.12. The van der Waals surface area contributed by atoms with Crippen molar-refractivity contribution in [2.24, 2.45) is 0 Å². The quantitative estimate of drug-likeness (QED) is 0.297. The molecule has 0 bridgehead atoms. The Kier molecular flexibility index (Phi) is 9.20. The molecule has 1 amide bonds. The number of carbonyl (C=O) groups is 1. The number of halogens is 7. The van der Waals surface area contributed by atoms with E-state index < -0.39 is 57.7 Å². The fourth-order valence-corrected chi connectivity index (χ4v) is 5.35. The highest BCUT2D eigenvalue weighted by Crippen LogP contribution is 2.50. The Hall–Kier alpha value is -3.49. The number of nitrogens with one attached hydrogen (secondary N) is 1. The van der Waals surface area contributed by atoms with Gasteiger partial charge in [-0.15, -0.1) is 0 Å². The number of aliphatic hydroxyl groups is 1. The molecule has 0 aromatic heterocycles. The second kappa shape index (κ2) is 11.8. The highest BCUT2D eigenvalue weighted by molar-refractivity contribution is 7.92. The van der Waals surface area contributed by atoms with E-state index in [4.69, 9.17) is 16.3 Å². The van der Waals surface area contributed by atoms with Crippen molar-refractivity contribution in [2.45, 2.75) is 35.8 Å². The van der Waals surface area contributed by atoms with Crippen LogP contribution in [0.2, 0.25) is 5.02 Å². The van der Waals surface area contributed by atoms with Gasteiger partial charge >= 0.3 is 12.4 Å². The zero-order valence-corrected chi connectivity index (χ0v) is 22.9. The molecular formula is C26H23ClF6N2O5S. The minimum atomic E-state index is -6.14. The number of hydrogen-bond acceptors (Lipinski definition) is 5. The minimum absolute atomic E-state index is 0.185. The van der Waals surface area contributed by atoms with Gasteiger partial charge in [0.1, 0.15) is 12.3 Å². The van der Waals surface area contributed by atoms with Crippen LogP contribution in [0, 0.1) is 0 Å². The fraction of sp³-hybridized carbons (Fsp3) is 0.269. The van der Waals surface area contributed by atoms with Gasteiger partial charge in [-0.2, -0.15) is 26.3 Å². The van der Waals surface area contributed by atoms with E-state index in [9.17, 15) is 44.7 Å². The number of rotatable bonds is 9. The number of anilines is 1. The van der Waals surface area contributed by atoms with E-state index in [1.54, 1.807) is 31.2 Å². The lowest BCUT2D eigenvalue weighted by atomic mass is 9.92. The molecule has 0 aliphatic heterocycles. The number of benzene rings is 3. The zero-order chi connectivity index (χ0) is 30.8. The molecule has 3 aromatic carbocycles. The van der Waals surface area contributed by atoms with Crippen LogP contribution in [0.4, 0.5) is 32.0 Å². The van der Waals surface area contributed by atoms with Crippen LogP contribution in [-0.2, 0) is 20.4 Å². The van der Waals surface area contributed by atoms with Crippen LogP contribution in [0.5, 0.6) is 5.75 Å². The topological polar surface area (TPSA) is 95.9 Å². The standard InChI is InChI=1S/C26H23ClF6N2O5S/c1-16(17-3-11-21(40-2)12-4-17)34-23(36)15-35(41(38,39)22-13-7-19(27)8-14-22)20-9-5-18(6-10-20)24(37,25(28,29)30)26(31,32)33/h3-14,16,37H,15H2,1-2H3,(H,34,36). The van der Waals surface area contributed by atoms with Crippen LogP contribution in [0.25, 0.3) is 0 Å². The van der Waals surface area contributed by atoms with Gasteiger partial charge in [-0.25, -0.2) is 8.42 Å². The molecule has 0 aliphatic rings.